The van der Waals surface area contributed by atoms with Crippen molar-refractivity contribution < 1.29 is 14.3 Å². The zero-order chi connectivity index (χ0) is 22.4. The number of hydrogen-bond donors (Lipinski definition) is 1. The molecule has 0 atom stereocenters. The van der Waals surface area contributed by atoms with Gasteiger partial charge >= 0.3 is 6.09 Å². The Morgan fingerprint density at radius 1 is 1.03 bits per heavy atom. The maximum Gasteiger partial charge on any atom is 0.410 e. The quantitative estimate of drug-likeness (QED) is 0.778. The second kappa shape index (κ2) is 10.5. The number of nitrogens with zero attached hydrogens (tertiary/aromatic N) is 3. The maximum atomic E-state index is 12.7. The summed E-state index contributed by atoms with van der Waals surface area (Å²) >= 11 is 0. The number of carbonyl (C=O) groups is 2. The number of carbonyl (C=O) groups excluding carboxylic acids is 2. The predicted molar refractivity (Wildman–Crippen MR) is 122 cm³/mol. The Morgan fingerprint density at radius 3 is 2.32 bits per heavy atom. The molecule has 2 aliphatic rings. The minimum absolute atomic E-state index is 0.0489. The first-order chi connectivity index (χ1) is 14.7. The molecule has 2 saturated heterocycles. The minimum atomic E-state index is -0.496. The first-order valence-corrected chi connectivity index (χ1v) is 11.4. The number of rotatable bonds is 5. The Bertz CT molecular complexity index is 745. The van der Waals surface area contributed by atoms with Crippen LogP contribution in [0.1, 0.15) is 44.7 Å². The SMILES string of the molecule is CN1CCN(Cc2cccc(CNC(=O)C3CCN(C(=O)OC(C)(C)C)CC3)c2)CC1. The highest BCUT2D eigenvalue weighted by atomic mass is 16.6. The molecule has 0 unspecified atom stereocenters. The first-order valence-electron chi connectivity index (χ1n) is 11.4. The average molecular weight is 431 g/mol. The first kappa shape index (κ1) is 23.5. The molecule has 7 nitrogen and oxygen atoms in total. The maximum absolute atomic E-state index is 12.7. The lowest BCUT2D eigenvalue weighted by atomic mass is 9.96. The van der Waals surface area contributed by atoms with Gasteiger partial charge in [-0.2, -0.15) is 0 Å². The van der Waals surface area contributed by atoms with Crippen LogP contribution >= 0.6 is 0 Å². The summed E-state index contributed by atoms with van der Waals surface area (Å²) in [5.41, 5.74) is 1.93. The van der Waals surface area contributed by atoms with E-state index in [1.54, 1.807) is 4.90 Å². The zero-order valence-electron chi connectivity index (χ0n) is 19.5. The molecule has 2 amide bonds. The summed E-state index contributed by atoms with van der Waals surface area (Å²) in [5.74, 6) is 0.0283. The summed E-state index contributed by atoms with van der Waals surface area (Å²) in [6, 6.07) is 8.50. The third-order valence-corrected chi connectivity index (χ3v) is 5.98. The molecule has 0 radical (unpaired) electrons. The third-order valence-electron chi connectivity index (χ3n) is 5.98. The molecule has 31 heavy (non-hydrogen) atoms. The van der Waals surface area contributed by atoms with E-state index in [9.17, 15) is 9.59 Å². The van der Waals surface area contributed by atoms with Crippen molar-refractivity contribution in [2.45, 2.75) is 52.3 Å². The van der Waals surface area contributed by atoms with Gasteiger partial charge < -0.3 is 19.9 Å². The lowest BCUT2D eigenvalue weighted by molar-refractivity contribution is -0.126. The van der Waals surface area contributed by atoms with Crippen molar-refractivity contribution in [3.8, 4) is 0 Å². The van der Waals surface area contributed by atoms with Crippen LogP contribution < -0.4 is 5.32 Å². The van der Waals surface area contributed by atoms with Crippen LogP contribution in [0.4, 0.5) is 4.79 Å². The second-order valence-corrected chi connectivity index (χ2v) is 9.86. The van der Waals surface area contributed by atoms with Gasteiger partial charge in [0, 0.05) is 58.3 Å². The molecule has 0 bridgehead atoms. The number of nitrogens with one attached hydrogen (secondary N) is 1. The predicted octanol–water partition coefficient (Wildman–Crippen LogP) is 2.70. The number of hydrogen-bond acceptors (Lipinski definition) is 5. The molecule has 1 N–H and O–H groups in total. The fourth-order valence-corrected chi connectivity index (χ4v) is 4.09. The van der Waals surface area contributed by atoms with E-state index in [1.165, 1.54) is 5.56 Å². The summed E-state index contributed by atoms with van der Waals surface area (Å²) in [6.07, 6.45) is 1.06. The molecule has 1 aromatic carbocycles. The highest BCUT2D eigenvalue weighted by Crippen LogP contribution is 2.20. The van der Waals surface area contributed by atoms with Gasteiger partial charge in [0.25, 0.3) is 0 Å². The van der Waals surface area contributed by atoms with Crippen molar-refractivity contribution in [2.24, 2.45) is 5.92 Å². The van der Waals surface area contributed by atoms with Crippen LogP contribution in [0.3, 0.4) is 0 Å². The van der Waals surface area contributed by atoms with Crippen LogP contribution in [0.15, 0.2) is 24.3 Å². The van der Waals surface area contributed by atoms with Crippen molar-refractivity contribution in [1.29, 1.82) is 0 Å². The molecule has 0 aromatic heterocycles. The summed E-state index contributed by atoms with van der Waals surface area (Å²) in [6.45, 7) is 12.6. The van der Waals surface area contributed by atoms with Gasteiger partial charge in [-0.15, -0.1) is 0 Å². The van der Waals surface area contributed by atoms with E-state index in [2.05, 4.69) is 46.4 Å². The van der Waals surface area contributed by atoms with E-state index in [-0.39, 0.29) is 17.9 Å². The third kappa shape index (κ3) is 7.51. The molecular formula is C24H38N4O3. The Hall–Kier alpha value is -2.12. The standard InChI is InChI=1S/C24H38N4O3/c1-24(2,3)31-23(30)28-10-8-21(9-11-28)22(29)25-17-19-6-5-7-20(16-19)18-27-14-12-26(4)13-15-27/h5-7,16,21H,8-15,17-18H2,1-4H3,(H,25,29). The molecular weight excluding hydrogens is 392 g/mol. The van der Waals surface area contributed by atoms with Gasteiger partial charge in [-0.25, -0.2) is 4.79 Å². The highest BCUT2D eigenvalue weighted by Gasteiger charge is 2.29. The lowest BCUT2D eigenvalue weighted by Crippen LogP contribution is -2.44. The Kier molecular flexibility index (Phi) is 7.94. The number of ether oxygens (including phenoxy) is 1. The van der Waals surface area contributed by atoms with Crippen LogP contribution in [-0.2, 0) is 22.6 Å². The number of likely N-dealkylation sites (N-methyl/N-ethyl adjacent to an activating group) is 1. The summed E-state index contributed by atoms with van der Waals surface area (Å²) in [5, 5.41) is 3.09. The van der Waals surface area contributed by atoms with E-state index >= 15 is 0 Å². The largest absolute Gasteiger partial charge is 0.444 e. The van der Waals surface area contributed by atoms with Crippen LogP contribution in [0, 0.1) is 5.92 Å². The van der Waals surface area contributed by atoms with E-state index < -0.39 is 5.60 Å². The van der Waals surface area contributed by atoms with Gasteiger partial charge in [-0.3, -0.25) is 9.69 Å². The van der Waals surface area contributed by atoms with Gasteiger partial charge in [-0.05, 0) is 51.8 Å². The molecule has 2 heterocycles. The summed E-state index contributed by atoms with van der Waals surface area (Å²) in [7, 11) is 2.17. The highest BCUT2D eigenvalue weighted by molar-refractivity contribution is 5.79. The molecule has 2 fully saturated rings. The monoisotopic (exact) mass is 430 g/mol. The molecule has 0 saturated carbocycles. The van der Waals surface area contributed by atoms with Crippen LogP contribution in [0.25, 0.3) is 0 Å². The molecule has 3 rings (SSSR count). The summed E-state index contributed by atoms with van der Waals surface area (Å²) in [4.78, 5) is 31.4. The van der Waals surface area contributed by atoms with Gasteiger partial charge in [0.05, 0.1) is 0 Å². The minimum Gasteiger partial charge on any atom is -0.444 e. The zero-order valence-corrected chi connectivity index (χ0v) is 19.5. The lowest BCUT2D eigenvalue weighted by Gasteiger charge is -2.33. The smallest absolute Gasteiger partial charge is 0.410 e. The summed E-state index contributed by atoms with van der Waals surface area (Å²) < 4.78 is 5.43. The molecule has 0 spiro atoms. The van der Waals surface area contributed by atoms with Crippen LogP contribution in [0.5, 0.6) is 0 Å². The van der Waals surface area contributed by atoms with Gasteiger partial charge in [0.1, 0.15) is 5.60 Å². The molecule has 2 aliphatic heterocycles. The average Bonchev–Trinajstić information content (AvgIpc) is 2.73. The van der Waals surface area contributed by atoms with Gasteiger partial charge in [0.2, 0.25) is 5.91 Å². The van der Waals surface area contributed by atoms with Gasteiger partial charge in [-0.1, -0.05) is 24.3 Å². The topological polar surface area (TPSA) is 65.1 Å². The number of piperazine rings is 1. The Morgan fingerprint density at radius 2 is 1.68 bits per heavy atom. The molecule has 0 aliphatic carbocycles. The Labute approximate surface area is 186 Å². The van der Waals surface area contributed by atoms with E-state index in [1.807, 2.05) is 20.8 Å². The van der Waals surface area contributed by atoms with Crippen molar-refractivity contribution in [2.75, 3.05) is 46.3 Å². The van der Waals surface area contributed by atoms with Gasteiger partial charge in [0.15, 0.2) is 0 Å². The van der Waals surface area contributed by atoms with Crippen molar-refractivity contribution in [3.05, 3.63) is 35.4 Å². The molecule has 1 aromatic rings. The number of piperidine rings is 1. The van der Waals surface area contributed by atoms with Crippen molar-refractivity contribution >= 4 is 12.0 Å². The fraction of sp³-hybridized carbons (Fsp3) is 0.667. The molecule has 172 valence electrons. The second-order valence-electron chi connectivity index (χ2n) is 9.86. The van der Waals surface area contributed by atoms with E-state index in [0.717, 1.165) is 38.3 Å². The van der Waals surface area contributed by atoms with Crippen LogP contribution in [-0.4, -0.2) is 78.6 Å². The number of benzene rings is 1. The normalized spacial score (nSPS) is 19.3. The molecule has 7 heteroatoms. The Balaban J connectivity index is 1.42. The number of likely N-dealkylation sites (tertiary alicyclic amines) is 1. The van der Waals surface area contributed by atoms with E-state index in [0.29, 0.717) is 32.5 Å². The number of amides is 2. The van der Waals surface area contributed by atoms with Crippen molar-refractivity contribution in [1.82, 2.24) is 20.0 Å². The van der Waals surface area contributed by atoms with Crippen LogP contribution in [0.2, 0.25) is 0 Å². The van der Waals surface area contributed by atoms with Crippen molar-refractivity contribution in [3.63, 3.8) is 0 Å². The van der Waals surface area contributed by atoms with E-state index in [4.69, 9.17) is 4.74 Å². The fourth-order valence-electron chi connectivity index (χ4n) is 4.09.